The van der Waals surface area contributed by atoms with Gasteiger partial charge in [0.2, 0.25) is 0 Å². The molecule has 0 bridgehead atoms. The van der Waals surface area contributed by atoms with E-state index in [1.54, 1.807) is 34.4 Å². The SMILES string of the molecule is C=CCN(Cc1ccc(C(C)(C)C)cc1)C(=O)/C(CCc1cccs1)=N/Nc1ccc(Cl)cc1. The third-order valence-corrected chi connectivity index (χ3v) is 6.62. The lowest BCUT2D eigenvalue weighted by atomic mass is 9.87. The first kappa shape index (κ1) is 25.7. The maximum Gasteiger partial charge on any atom is 0.270 e. The first-order valence-corrected chi connectivity index (χ1v) is 12.6. The van der Waals surface area contributed by atoms with Crippen LogP contribution < -0.4 is 5.43 Å². The van der Waals surface area contributed by atoms with Crippen molar-refractivity contribution in [2.24, 2.45) is 5.10 Å². The molecule has 0 saturated carbocycles. The molecule has 4 nitrogen and oxygen atoms in total. The van der Waals surface area contributed by atoms with E-state index >= 15 is 0 Å². The van der Waals surface area contributed by atoms with Crippen LogP contribution in [0.1, 0.15) is 43.2 Å². The van der Waals surface area contributed by atoms with Gasteiger partial charge in [0.1, 0.15) is 5.71 Å². The average Bonchev–Trinajstić information content (AvgIpc) is 3.33. The summed E-state index contributed by atoms with van der Waals surface area (Å²) in [5.74, 6) is -0.0992. The van der Waals surface area contributed by atoms with Gasteiger partial charge in [0.25, 0.3) is 5.91 Å². The number of carbonyl (C=O) groups is 1. The Hall–Kier alpha value is -2.89. The second kappa shape index (κ2) is 12.0. The predicted molar refractivity (Wildman–Crippen MR) is 146 cm³/mol. The molecule has 0 atom stereocenters. The van der Waals surface area contributed by atoms with E-state index in [9.17, 15) is 4.79 Å². The standard InChI is InChI=1S/C28H32ClN3OS/c1-5-18-32(20-21-8-10-22(11-9-21)28(2,3)4)27(33)26(17-16-25-7-6-19-34-25)31-30-24-14-12-23(29)13-15-24/h5-15,19,30H,1,16-18,20H2,2-4H3/b31-26+. The zero-order chi connectivity index (χ0) is 24.6. The molecule has 0 aliphatic carbocycles. The Balaban J connectivity index is 1.80. The van der Waals surface area contributed by atoms with Gasteiger partial charge in [-0.25, -0.2) is 0 Å². The number of nitrogens with one attached hydrogen (secondary N) is 1. The second-order valence-corrected chi connectivity index (χ2v) is 10.6. The number of anilines is 1. The first-order chi connectivity index (χ1) is 16.3. The third-order valence-electron chi connectivity index (χ3n) is 5.43. The summed E-state index contributed by atoms with van der Waals surface area (Å²) in [7, 11) is 0. The lowest BCUT2D eigenvalue weighted by Gasteiger charge is -2.23. The van der Waals surface area contributed by atoms with Crippen molar-refractivity contribution in [3.8, 4) is 0 Å². The van der Waals surface area contributed by atoms with Crippen LogP contribution in [0.4, 0.5) is 5.69 Å². The summed E-state index contributed by atoms with van der Waals surface area (Å²) in [6.07, 6.45) is 3.05. The molecule has 1 aromatic heterocycles. The van der Waals surface area contributed by atoms with Gasteiger partial charge in [0, 0.05) is 29.4 Å². The minimum absolute atomic E-state index is 0.0874. The van der Waals surface area contributed by atoms with Crippen molar-refractivity contribution in [3.63, 3.8) is 0 Å². The van der Waals surface area contributed by atoms with E-state index in [-0.39, 0.29) is 11.3 Å². The van der Waals surface area contributed by atoms with Crippen molar-refractivity contribution in [2.75, 3.05) is 12.0 Å². The number of hydrazone groups is 1. The smallest absolute Gasteiger partial charge is 0.270 e. The molecule has 3 rings (SSSR count). The van der Waals surface area contributed by atoms with Crippen molar-refractivity contribution in [1.29, 1.82) is 0 Å². The quantitative estimate of drug-likeness (QED) is 0.183. The van der Waals surface area contributed by atoms with Crippen molar-refractivity contribution in [3.05, 3.63) is 99.7 Å². The molecule has 2 aromatic carbocycles. The zero-order valence-corrected chi connectivity index (χ0v) is 21.6. The average molecular weight is 494 g/mol. The summed E-state index contributed by atoms with van der Waals surface area (Å²) in [5.41, 5.74) is 6.72. The number of hydrogen-bond donors (Lipinski definition) is 1. The van der Waals surface area contributed by atoms with E-state index < -0.39 is 0 Å². The van der Waals surface area contributed by atoms with Gasteiger partial charge < -0.3 is 4.90 Å². The van der Waals surface area contributed by atoms with Gasteiger partial charge in [0.15, 0.2) is 0 Å². The number of benzene rings is 2. The van der Waals surface area contributed by atoms with Crippen molar-refractivity contribution >= 4 is 40.2 Å². The van der Waals surface area contributed by atoms with Crippen LogP contribution >= 0.6 is 22.9 Å². The molecule has 0 aliphatic heterocycles. The number of nitrogens with zero attached hydrogens (tertiary/aromatic N) is 2. The molecule has 3 aromatic rings. The first-order valence-electron chi connectivity index (χ1n) is 11.4. The zero-order valence-electron chi connectivity index (χ0n) is 20.1. The van der Waals surface area contributed by atoms with Crippen LogP contribution in [0, 0.1) is 0 Å². The number of halogens is 1. The van der Waals surface area contributed by atoms with Crippen LogP contribution in [0.25, 0.3) is 0 Å². The van der Waals surface area contributed by atoms with E-state index in [2.05, 4.69) is 68.2 Å². The van der Waals surface area contributed by atoms with Crippen LogP contribution in [0.3, 0.4) is 0 Å². The Kier molecular flexibility index (Phi) is 9.08. The van der Waals surface area contributed by atoms with E-state index in [4.69, 9.17) is 11.6 Å². The Labute approximate surface area is 212 Å². The Morgan fingerprint density at radius 1 is 1.12 bits per heavy atom. The second-order valence-electron chi connectivity index (χ2n) is 9.18. The van der Waals surface area contributed by atoms with Crippen LogP contribution in [-0.4, -0.2) is 23.1 Å². The highest BCUT2D eigenvalue weighted by molar-refractivity contribution is 7.09. The number of rotatable bonds is 10. The molecule has 178 valence electrons. The van der Waals surface area contributed by atoms with Crippen molar-refractivity contribution in [2.45, 2.75) is 45.6 Å². The molecule has 0 saturated heterocycles. The molecule has 0 aliphatic rings. The normalized spacial score (nSPS) is 11.8. The van der Waals surface area contributed by atoms with Crippen LogP contribution in [0.2, 0.25) is 5.02 Å². The number of carbonyl (C=O) groups excluding carboxylic acids is 1. The summed E-state index contributed by atoms with van der Waals surface area (Å²) >= 11 is 7.67. The summed E-state index contributed by atoms with van der Waals surface area (Å²) in [6, 6.07) is 19.8. The highest BCUT2D eigenvalue weighted by Gasteiger charge is 2.20. The summed E-state index contributed by atoms with van der Waals surface area (Å²) < 4.78 is 0. The Morgan fingerprint density at radius 2 is 1.82 bits per heavy atom. The molecular formula is C28H32ClN3OS. The van der Waals surface area contributed by atoms with Gasteiger partial charge in [0.05, 0.1) is 5.69 Å². The Morgan fingerprint density at radius 3 is 2.41 bits per heavy atom. The largest absolute Gasteiger partial charge is 0.330 e. The predicted octanol–water partition coefficient (Wildman–Crippen LogP) is 7.31. The topological polar surface area (TPSA) is 44.7 Å². The van der Waals surface area contributed by atoms with Gasteiger partial charge >= 0.3 is 0 Å². The monoisotopic (exact) mass is 493 g/mol. The molecule has 0 unspecified atom stereocenters. The molecular weight excluding hydrogens is 462 g/mol. The molecule has 0 fully saturated rings. The van der Waals surface area contributed by atoms with Gasteiger partial charge in [-0.15, -0.1) is 17.9 Å². The Bertz CT molecular complexity index is 1100. The number of hydrogen-bond acceptors (Lipinski definition) is 4. The number of aryl methyl sites for hydroxylation is 1. The summed E-state index contributed by atoms with van der Waals surface area (Å²) in [4.78, 5) is 16.6. The lowest BCUT2D eigenvalue weighted by Crippen LogP contribution is -2.37. The minimum Gasteiger partial charge on any atom is -0.330 e. The van der Waals surface area contributed by atoms with E-state index in [1.807, 2.05) is 23.6 Å². The summed E-state index contributed by atoms with van der Waals surface area (Å²) in [5, 5.41) is 7.21. The van der Waals surface area contributed by atoms with Gasteiger partial charge in [-0.05, 0) is 58.7 Å². The molecule has 1 amide bonds. The fourth-order valence-corrected chi connectivity index (χ4v) is 4.29. The van der Waals surface area contributed by atoms with E-state index in [0.29, 0.717) is 30.2 Å². The minimum atomic E-state index is -0.0992. The third kappa shape index (κ3) is 7.57. The van der Waals surface area contributed by atoms with E-state index in [0.717, 1.165) is 17.7 Å². The van der Waals surface area contributed by atoms with E-state index in [1.165, 1.54) is 10.4 Å². The fraction of sp³-hybridized carbons (Fsp3) is 0.286. The molecule has 6 heteroatoms. The number of amides is 1. The summed E-state index contributed by atoms with van der Waals surface area (Å²) in [6.45, 7) is 11.4. The highest BCUT2D eigenvalue weighted by atomic mass is 35.5. The maximum absolute atomic E-state index is 13.6. The van der Waals surface area contributed by atoms with Crippen LogP contribution in [0.5, 0.6) is 0 Å². The van der Waals surface area contributed by atoms with Gasteiger partial charge in [-0.2, -0.15) is 5.10 Å². The molecule has 1 N–H and O–H groups in total. The highest BCUT2D eigenvalue weighted by Crippen LogP contribution is 2.23. The molecule has 34 heavy (non-hydrogen) atoms. The maximum atomic E-state index is 13.6. The fourth-order valence-electron chi connectivity index (χ4n) is 3.45. The molecule has 0 radical (unpaired) electrons. The van der Waals surface area contributed by atoms with Gasteiger partial charge in [-0.3, -0.25) is 10.2 Å². The van der Waals surface area contributed by atoms with Crippen LogP contribution in [0.15, 0.2) is 83.8 Å². The van der Waals surface area contributed by atoms with Crippen LogP contribution in [-0.2, 0) is 23.2 Å². The van der Waals surface area contributed by atoms with Gasteiger partial charge in [-0.1, -0.05) is 68.8 Å². The molecule has 0 spiro atoms. The van der Waals surface area contributed by atoms with Crippen molar-refractivity contribution < 1.29 is 4.79 Å². The molecule has 1 heterocycles. The lowest BCUT2D eigenvalue weighted by molar-refractivity contribution is -0.124. The van der Waals surface area contributed by atoms with Crippen molar-refractivity contribution in [1.82, 2.24) is 4.90 Å². The number of thiophene rings is 1.